The monoisotopic (exact) mass is 278 g/mol. The Morgan fingerprint density at radius 1 is 1.42 bits per heavy atom. The maximum absolute atomic E-state index is 13.2. The summed E-state index contributed by atoms with van der Waals surface area (Å²) in [6.07, 6.45) is 1.53. The second kappa shape index (κ2) is 6.65. The molecule has 2 aromatic rings. The molecule has 0 bridgehead atoms. The van der Waals surface area contributed by atoms with E-state index in [0.717, 1.165) is 5.56 Å². The van der Waals surface area contributed by atoms with Crippen molar-refractivity contribution >= 4 is 23.5 Å². The summed E-state index contributed by atoms with van der Waals surface area (Å²) in [5.74, 6) is -0.911. The van der Waals surface area contributed by atoms with Crippen molar-refractivity contribution in [1.82, 2.24) is 5.43 Å². The number of hydrogen-bond acceptors (Lipinski definition) is 4. The molecule has 0 saturated carbocycles. The van der Waals surface area contributed by atoms with Gasteiger partial charge in [-0.1, -0.05) is 12.1 Å². The fraction of sp³-hybridized carbons (Fsp3) is 0.0769. The van der Waals surface area contributed by atoms with Gasteiger partial charge in [-0.2, -0.15) is 16.4 Å². The molecule has 0 aliphatic heterocycles. The second-order valence-electron chi connectivity index (χ2n) is 3.57. The highest BCUT2D eigenvalue weighted by molar-refractivity contribution is 7.08. The van der Waals surface area contributed by atoms with Gasteiger partial charge in [-0.25, -0.2) is 9.82 Å². The summed E-state index contributed by atoms with van der Waals surface area (Å²) >= 11 is 1.54. The Kier molecular flexibility index (Phi) is 4.63. The third-order valence-corrected chi connectivity index (χ3v) is 2.84. The molecule has 1 amide bonds. The summed E-state index contributed by atoms with van der Waals surface area (Å²) in [6.45, 7) is -0.290. The van der Waals surface area contributed by atoms with E-state index in [1.165, 1.54) is 29.7 Å². The lowest BCUT2D eigenvalue weighted by molar-refractivity contribution is -0.123. The van der Waals surface area contributed by atoms with Gasteiger partial charge in [0.1, 0.15) is 0 Å². The average Bonchev–Trinajstić information content (AvgIpc) is 2.91. The molecule has 0 fully saturated rings. The molecule has 0 spiro atoms. The van der Waals surface area contributed by atoms with E-state index >= 15 is 0 Å². The third-order valence-electron chi connectivity index (χ3n) is 2.14. The van der Waals surface area contributed by atoms with Crippen molar-refractivity contribution in [1.29, 1.82) is 0 Å². The molecule has 0 unspecified atom stereocenters. The number of nitrogens with one attached hydrogen (secondary N) is 1. The number of rotatable bonds is 5. The van der Waals surface area contributed by atoms with Crippen molar-refractivity contribution in [2.75, 3.05) is 6.61 Å². The lowest BCUT2D eigenvalue weighted by atomic mass is 10.3. The third kappa shape index (κ3) is 4.18. The lowest BCUT2D eigenvalue weighted by Gasteiger charge is -2.05. The molecule has 1 heterocycles. The molecule has 0 radical (unpaired) electrons. The molecule has 98 valence electrons. The number of thiophene rings is 1. The maximum Gasteiger partial charge on any atom is 0.277 e. The van der Waals surface area contributed by atoms with E-state index in [-0.39, 0.29) is 12.4 Å². The van der Waals surface area contributed by atoms with Gasteiger partial charge in [0.05, 0.1) is 6.21 Å². The van der Waals surface area contributed by atoms with Crippen LogP contribution < -0.4 is 10.2 Å². The van der Waals surface area contributed by atoms with Crippen molar-refractivity contribution in [3.63, 3.8) is 0 Å². The number of halogens is 1. The molecule has 1 aromatic carbocycles. The van der Waals surface area contributed by atoms with Gasteiger partial charge in [-0.05, 0) is 29.0 Å². The Bertz CT molecular complexity index is 570. The van der Waals surface area contributed by atoms with Gasteiger partial charge in [0.25, 0.3) is 5.91 Å². The summed E-state index contributed by atoms with van der Waals surface area (Å²) in [5.41, 5.74) is 3.20. The van der Waals surface area contributed by atoms with Gasteiger partial charge in [0.15, 0.2) is 18.2 Å². The molecular formula is C13H11FN2O2S. The van der Waals surface area contributed by atoms with E-state index in [4.69, 9.17) is 4.74 Å². The van der Waals surface area contributed by atoms with Crippen LogP contribution in [0.1, 0.15) is 5.56 Å². The predicted octanol–water partition coefficient (Wildman–Crippen LogP) is 2.42. The van der Waals surface area contributed by atoms with Crippen LogP contribution in [0.3, 0.4) is 0 Å². The first-order valence-corrected chi connectivity index (χ1v) is 6.41. The normalized spacial score (nSPS) is 10.6. The van der Waals surface area contributed by atoms with Crippen LogP contribution >= 0.6 is 11.3 Å². The van der Waals surface area contributed by atoms with E-state index in [1.807, 2.05) is 16.8 Å². The zero-order valence-electron chi connectivity index (χ0n) is 9.88. The number of amides is 1. The van der Waals surface area contributed by atoms with Gasteiger partial charge in [0, 0.05) is 5.56 Å². The molecule has 2 rings (SSSR count). The molecule has 19 heavy (non-hydrogen) atoms. The van der Waals surface area contributed by atoms with Crippen LogP contribution in [0.15, 0.2) is 46.2 Å². The molecule has 0 atom stereocenters. The van der Waals surface area contributed by atoms with E-state index in [2.05, 4.69) is 10.5 Å². The van der Waals surface area contributed by atoms with Crippen molar-refractivity contribution in [2.45, 2.75) is 0 Å². The molecule has 0 aliphatic carbocycles. The van der Waals surface area contributed by atoms with E-state index < -0.39 is 11.7 Å². The predicted molar refractivity (Wildman–Crippen MR) is 72.0 cm³/mol. The largest absolute Gasteiger partial charge is 0.481 e. The Morgan fingerprint density at radius 3 is 3.00 bits per heavy atom. The van der Waals surface area contributed by atoms with Gasteiger partial charge in [-0.3, -0.25) is 4.79 Å². The van der Waals surface area contributed by atoms with Crippen LogP contribution in [0.2, 0.25) is 0 Å². The first-order chi connectivity index (χ1) is 9.25. The minimum absolute atomic E-state index is 0.0412. The highest BCUT2D eigenvalue weighted by atomic mass is 32.1. The molecule has 6 heteroatoms. The number of carbonyl (C=O) groups excluding carboxylic acids is 1. The second-order valence-corrected chi connectivity index (χ2v) is 4.35. The zero-order chi connectivity index (χ0) is 13.5. The van der Waals surface area contributed by atoms with Crippen LogP contribution in [0, 0.1) is 5.82 Å². The highest BCUT2D eigenvalue weighted by Crippen LogP contribution is 2.14. The van der Waals surface area contributed by atoms with Crippen LogP contribution in [0.5, 0.6) is 5.75 Å². The Balaban J connectivity index is 1.78. The van der Waals surface area contributed by atoms with E-state index in [1.54, 1.807) is 12.1 Å². The number of carbonyl (C=O) groups is 1. The lowest BCUT2D eigenvalue weighted by Crippen LogP contribution is -2.24. The topological polar surface area (TPSA) is 50.7 Å². The fourth-order valence-electron chi connectivity index (χ4n) is 1.26. The number of hydrazone groups is 1. The number of ether oxygens (including phenoxy) is 1. The van der Waals surface area contributed by atoms with Crippen molar-refractivity contribution < 1.29 is 13.9 Å². The van der Waals surface area contributed by atoms with Crippen LogP contribution in [-0.4, -0.2) is 18.7 Å². The Morgan fingerprint density at radius 2 is 2.26 bits per heavy atom. The Hall–Kier alpha value is -2.21. The Labute approximate surface area is 113 Å². The number of para-hydroxylation sites is 1. The number of nitrogens with zero attached hydrogens (tertiary/aromatic N) is 1. The summed E-state index contributed by atoms with van der Waals surface area (Å²) in [5, 5.41) is 7.56. The summed E-state index contributed by atoms with van der Waals surface area (Å²) in [7, 11) is 0. The molecule has 1 aromatic heterocycles. The summed E-state index contributed by atoms with van der Waals surface area (Å²) < 4.78 is 18.2. The zero-order valence-corrected chi connectivity index (χ0v) is 10.7. The molecule has 0 aliphatic rings. The maximum atomic E-state index is 13.2. The number of benzene rings is 1. The van der Waals surface area contributed by atoms with Crippen molar-refractivity contribution in [2.24, 2.45) is 5.10 Å². The number of hydrogen-bond donors (Lipinski definition) is 1. The van der Waals surface area contributed by atoms with Gasteiger partial charge < -0.3 is 4.74 Å². The van der Waals surface area contributed by atoms with Crippen LogP contribution in [0.4, 0.5) is 4.39 Å². The minimum Gasteiger partial charge on any atom is -0.481 e. The smallest absolute Gasteiger partial charge is 0.277 e. The first kappa shape index (κ1) is 13.2. The molecule has 4 nitrogen and oxygen atoms in total. The van der Waals surface area contributed by atoms with E-state index in [0.29, 0.717) is 0 Å². The minimum atomic E-state index is -0.503. The van der Waals surface area contributed by atoms with Crippen LogP contribution in [-0.2, 0) is 4.79 Å². The fourth-order valence-corrected chi connectivity index (χ4v) is 1.88. The average molecular weight is 278 g/mol. The SMILES string of the molecule is O=C(COc1ccccc1F)N/N=C\c1ccsc1. The molecule has 0 saturated heterocycles. The van der Waals surface area contributed by atoms with Gasteiger partial charge in [0.2, 0.25) is 0 Å². The summed E-state index contributed by atoms with van der Waals surface area (Å²) in [6, 6.07) is 7.77. The molecule has 1 N–H and O–H groups in total. The quantitative estimate of drug-likeness (QED) is 0.674. The highest BCUT2D eigenvalue weighted by Gasteiger charge is 2.04. The molecular weight excluding hydrogens is 267 g/mol. The van der Waals surface area contributed by atoms with Crippen molar-refractivity contribution in [3.8, 4) is 5.75 Å². The van der Waals surface area contributed by atoms with Crippen molar-refractivity contribution in [3.05, 3.63) is 52.5 Å². The van der Waals surface area contributed by atoms with Gasteiger partial charge >= 0.3 is 0 Å². The van der Waals surface area contributed by atoms with E-state index in [9.17, 15) is 9.18 Å². The van der Waals surface area contributed by atoms with Gasteiger partial charge in [-0.15, -0.1) is 0 Å². The van der Waals surface area contributed by atoms with Crippen LogP contribution in [0.25, 0.3) is 0 Å². The first-order valence-electron chi connectivity index (χ1n) is 5.47. The standard InChI is InChI=1S/C13H11FN2O2S/c14-11-3-1-2-4-12(11)18-8-13(17)16-15-7-10-5-6-19-9-10/h1-7,9H,8H2,(H,16,17)/b15-7-. The summed E-state index contributed by atoms with van der Waals surface area (Å²) in [4.78, 5) is 11.4.